The standard InChI is InChI=1S/C12H16ClFN2/c1-16(10-5-6-15-7-10)8-9-3-2-4-11(14)12(9)13/h2-4,10,15H,5-8H2,1H3. The molecule has 0 radical (unpaired) electrons. The van der Waals surface area contributed by atoms with Crippen molar-refractivity contribution in [2.75, 3.05) is 20.1 Å². The Labute approximate surface area is 100 Å². The molecular weight excluding hydrogens is 227 g/mol. The van der Waals surface area contributed by atoms with Gasteiger partial charge in [0.05, 0.1) is 5.02 Å². The van der Waals surface area contributed by atoms with Crippen molar-refractivity contribution < 1.29 is 4.39 Å². The van der Waals surface area contributed by atoms with Crippen molar-refractivity contribution in [2.45, 2.75) is 19.0 Å². The third kappa shape index (κ3) is 2.54. The Balaban J connectivity index is 2.05. The largest absolute Gasteiger partial charge is 0.315 e. The second kappa shape index (κ2) is 5.13. The zero-order valence-corrected chi connectivity index (χ0v) is 10.1. The number of benzene rings is 1. The highest BCUT2D eigenvalue weighted by Gasteiger charge is 2.20. The highest BCUT2D eigenvalue weighted by atomic mass is 35.5. The van der Waals surface area contributed by atoms with Crippen LogP contribution in [0.5, 0.6) is 0 Å². The molecule has 0 saturated carbocycles. The fourth-order valence-electron chi connectivity index (χ4n) is 2.08. The SMILES string of the molecule is CN(Cc1cccc(F)c1Cl)C1CCNC1. The molecule has 88 valence electrons. The monoisotopic (exact) mass is 242 g/mol. The van der Waals surface area contributed by atoms with Crippen molar-refractivity contribution in [3.05, 3.63) is 34.6 Å². The molecule has 0 aromatic heterocycles. The van der Waals surface area contributed by atoms with E-state index in [0.717, 1.165) is 25.1 Å². The number of rotatable bonds is 3. The second-order valence-corrected chi connectivity index (χ2v) is 4.65. The molecule has 1 heterocycles. The maximum atomic E-state index is 13.2. The Hall–Kier alpha value is -0.640. The van der Waals surface area contributed by atoms with Gasteiger partial charge in [-0.25, -0.2) is 4.39 Å². The predicted molar refractivity (Wildman–Crippen MR) is 64.2 cm³/mol. The lowest BCUT2D eigenvalue weighted by Crippen LogP contribution is -2.32. The number of likely N-dealkylation sites (N-methyl/N-ethyl adjacent to an activating group) is 1. The Morgan fingerprint density at radius 3 is 3.06 bits per heavy atom. The van der Waals surface area contributed by atoms with Gasteiger partial charge in [0, 0.05) is 19.1 Å². The fourth-order valence-corrected chi connectivity index (χ4v) is 2.27. The van der Waals surface area contributed by atoms with Gasteiger partial charge in [-0.15, -0.1) is 0 Å². The molecule has 1 saturated heterocycles. The summed E-state index contributed by atoms with van der Waals surface area (Å²) in [4.78, 5) is 2.22. The minimum absolute atomic E-state index is 0.250. The molecule has 1 fully saturated rings. The number of hydrogen-bond acceptors (Lipinski definition) is 2. The van der Waals surface area contributed by atoms with Gasteiger partial charge in [-0.05, 0) is 31.6 Å². The molecule has 1 aliphatic heterocycles. The topological polar surface area (TPSA) is 15.3 Å². The van der Waals surface area contributed by atoms with Gasteiger partial charge in [-0.2, -0.15) is 0 Å². The van der Waals surface area contributed by atoms with Gasteiger partial charge in [0.15, 0.2) is 0 Å². The maximum Gasteiger partial charge on any atom is 0.142 e. The summed E-state index contributed by atoms with van der Waals surface area (Å²) in [5, 5.41) is 3.57. The highest BCUT2D eigenvalue weighted by Crippen LogP contribution is 2.22. The summed E-state index contributed by atoms with van der Waals surface area (Å²) in [6.45, 7) is 2.76. The molecule has 1 N–H and O–H groups in total. The van der Waals surface area contributed by atoms with Gasteiger partial charge < -0.3 is 5.32 Å². The van der Waals surface area contributed by atoms with Crippen LogP contribution in [0.25, 0.3) is 0 Å². The van der Waals surface area contributed by atoms with Crippen LogP contribution in [0.15, 0.2) is 18.2 Å². The lowest BCUT2D eigenvalue weighted by Gasteiger charge is -2.23. The van der Waals surface area contributed by atoms with E-state index in [1.54, 1.807) is 6.07 Å². The summed E-state index contributed by atoms with van der Waals surface area (Å²) < 4.78 is 13.2. The average Bonchev–Trinajstić information content (AvgIpc) is 2.78. The normalized spacial score (nSPS) is 20.6. The highest BCUT2D eigenvalue weighted by molar-refractivity contribution is 6.31. The van der Waals surface area contributed by atoms with E-state index in [1.165, 1.54) is 6.07 Å². The summed E-state index contributed by atoms with van der Waals surface area (Å²) >= 11 is 5.93. The third-order valence-corrected chi connectivity index (χ3v) is 3.53. The van der Waals surface area contributed by atoms with Crippen molar-refractivity contribution in [1.82, 2.24) is 10.2 Å². The lowest BCUT2D eigenvalue weighted by molar-refractivity contribution is 0.248. The quantitative estimate of drug-likeness (QED) is 0.875. The Kier molecular flexibility index (Phi) is 3.79. The molecule has 1 aromatic carbocycles. The summed E-state index contributed by atoms with van der Waals surface area (Å²) in [7, 11) is 2.05. The van der Waals surface area contributed by atoms with E-state index in [4.69, 9.17) is 11.6 Å². The predicted octanol–water partition coefficient (Wildman–Crippen LogP) is 2.27. The zero-order chi connectivity index (χ0) is 11.5. The molecule has 1 aliphatic rings. The average molecular weight is 243 g/mol. The first-order valence-corrected chi connectivity index (χ1v) is 5.90. The Morgan fingerprint density at radius 2 is 2.38 bits per heavy atom. The van der Waals surface area contributed by atoms with Crippen LogP contribution in [0.1, 0.15) is 12.0 Å². The van der Waals surface area contributed by atoms with Gasteiger partial charge in [0.2, 0.25) is 0 Å². The summed E-state index contributed by atoms with van der Waals surface area (Å²) in [6, 6.07) is 5.50. The van der Waals surface area contributed by atoms with Gasteiger partial charge in [0.25, 0.3) is 0 Å². The first-order valence-electron chi connectivity index (χ1n) is 5.52. The van der Waals surface area contributed by atoms with E-state index in [-0.39, 0.29) is 10.8 Å². The molecule has 0 bridgehead atoms. The first-order chi connectivity index (χ1) is 7.68. The summed E-state index contributed by atoms with van der Waals surface area (Å²) in [5.74, 6) is -0.336. The van der Waals surface area contributed by atoms with Crippen molar-refractivity contribution in [2.24, 2.45) is 0 Å². The van der Waals surface area contributed by atoms with Crippen molar-refractivity contribution in [3.63, 3.8) is 0 Å². The number of nitrogens with zero attached hydrogens (tertiary/aromatic N) is 1. The van der Waals surface area contributed by atoms with Crippen molar-refractivity contribution >= 4 is 11.6 Å². The molecule has 4 heteroatoms. The van der Waals surface area contributed by atoms with E-state index in [9.17, 15) is 4.39 Å². The van der Waals surface area contributed by atoms with Crippen LogP contribution in [0.3, 0.4) is 0 Å². The number of halogens is 2. The molecule has 2 nitrogen and oxygen atoms in total. The van der Waals surface area contributed by atoms with Gasteiger partial charge in [-0.1, -0.05) is 23.7 Å². The molecule has 1 unspecified atom stereocenters. The van der Waals surface area contributed by atoms with Gasteiger partial charge >= 0.3 is 0 Å². The van der Waals surface area contributed by atoms with Crippen LogP contribution in [-0.4, -0.2) is 31.1 Å². The van der Waals surface area contributed by atoms with Crippen LogP contribution in [-0.2, 0) is 6.54 Å². The smallest absolute Gasteiger partial charge is 0.142 e. The molecule has 16 heavy (non-hydrogen) atoms. The minimum Gasteiger partial charge on any atom is -0.315 e. The van der Waals surface area contributed by atoms with E-state index in [2.05, 4.69) is 17.3 Å². The lowest BCUT2D eigenvalue weighted by atomic mass is 10.1. The van der Waals surface area contributed by atoms with Crippen LogP contribution >= 0.6 is 11.6 Å². The Morgan fingerprint density at radius 1 is 1.56 bits per heavy atom. The van der Waals surface area contributed by atoms with Crippen LogP contribution < -0.4 is 5.32 Å². The van der Waals surface area contributed by atoms with Crippen LogP contribution in [0.2, 0.25) is 5.02 Å². The molecule has 0 spiro atoms. The van der Waals surface area contributed by atoms with E-state index in [0.29, 0.717) is 12.6 Å². The van der Waals surface area contributed by atoms with Crippen LogP contribution in [0.4, 0.5) is 4.39 Å². The zero-order valence-electron chi connectivity index (χ0n) is 9.34. The number of nitrogens with one attached hydrogen (secondary N) is 1. The van der Waals surface area contributed by atoms with E-state index >= 15 is 0 Å². The second-order valence-electron chi connectivity index (χ2n) is 4.27. The molecular formula is C12H16ClFN2. The van der Waals surface area contributed by atoms with Crippen LogP contribution in [0, 0.1) is 5.82 Å². The fraction of sp³-hybridized carbons (Fsp3) is 0.500. The maximum absolute atomic E-state index is 13.2. The van der Waals surface area contributed by atoms with Gasteiger partial charge in [-0.3, -0.25) is 4.90 Å². The Bertz CT molecular complexity index is 364. The molecule has 1 aromatic rings. The van der Waals surface area contributed by atoms with E-state index in [1.807, 2.05) is 6.07 Å². The van der Waals surface area contributed by atoms with Crippen molar-refractivity contribution in [1.29, 1.82) is 0 Å². The van der Waals surface area contributed by atoms with E-state index < -0.39 is 0 Å². The first kappa shape index (κ1) is 11.8. The minimum atomic E-state index is -0.336. The van der Waals surface area contributed by atoms with Crippen molar-refractivity contribution in [3.8, 4) is 0 Å². The summed E-state index contributed by atoms with van der Waals surface area (Å²) in [6.07, 6.45) is 1.14. The third-order valence-electron chi connectivity index (χ3n) is 3.11. The molecule has 1 atom stereocenters. The summed E-state index contributed by atoms with van der Waals surface area (Å²) in [5.41, 5.74) is 0.857. The number of hydrogen-bond donors (Lipinski definition) is 1. The van der Waals surface area contributed by atoms with Gasteiger partial charge in [0.1, 0.15) is 5.82 Å². The molecule has 0 amide bonds. The molecule has 2 rings (SSSR count). The molecule has 0 aliphatic carbocycles.